The number of benzene rings is 1. The summed E-state index contributed by atoms with van der Waals surface area (Å²) in [5.41, 5.74) is 1.48. The van der Waals surface area contributed by atoms with Crippen LogP contribution in [0.25, 0.3) is 0 Å². The van der Waals surface area contributed by atoms with Crippen molar-refractivity contribution in [2.75, 3.05) is 0 Å². The van der Waals surface area contributed by atoms with Gasteiger partial charge in [-0.05, 0) is 24.5 Å². The summed E-state index contributed by atoms with van der Waals surface area (Å²) >= 11 is 0. The smallest absolute Gasteiger partial charge is 0.261 e. The van der Waals surface area contributed by atoms with E-state index >= 15 is 0 Å². The molecule has 1 rings (SSSR count). The van der Waals surface area contributed by atoms with Crippen LogP contribution >= 0.6 is 0 Å². The predicted octanol–water partition coefficient (Wildman–Crippen LogP) is 0.885. The molecule has 0 saturated heterocycles. The van der Waals surface area contributed by atoms with Gasteiger partial charge in [0.25, 0.3) is 5.91 Å². The summed E-state index contributed by atoms with van der Waals surface area (Å²) in [5, 5.41) is 8.65. The number of amides is 1. The molecule has 1 aromatic rings. The van der Waals surface area contributed by atoms with Gasteiger partial charge in [-0.3, -0.25) is 10.0 Å². The minimum atomic E-state index is -3.78. The molecule has 0 spiro atoms. The van der Waals surface area contributed by atoms with Gasteiger partial charge in [-0.2, -0.15) is 4.72 Å². The van der Waals surface area contributed by atoms with Crippen molar-refractivity contribution in [3.63, 3.8) is 0 Å². The van der Waals surface area contributed by atoms with Gasteiger partial charge in [0.15, 0.2) is 0 Å². The molecule has 0 radical (unpaired) electrons. The van der Waals surface area contributed by atoms with E-state index in [2.05, 4.69) is 4.72 Å². The van der Waals surface area contributed by atoms with Crippen LogP contribution < -0.4 is 10.2 Å². The molecular weight excluding hydrogens is 268 g/mol. The molecule has 0 bridgehead atoms. The van der Waals surface area contributed by atoms with E-state index in [4.69, 9.17) is 5.21 Å². The number of nitrogens with one attached hydrogen (secondary N) is 2. The molecule has 0 aliphatic heterocycles. The van der Waals surface area contributed by atoms with E-state index in [-0.39, 0.29) is 10.8 Å². The molecule has 0 aromatic heterocycles. The number of hydroxylamine groups is 1. The van der Waals surface area contributed by atoms with Crippen LogP contribution in [0.5, 0.6) is 0 Å². The van der Waals surface area contributed by atoms with E-state index < -0.39 is 22.0 Å². The second-order valence-corrected chi connectivity index (χ2v) is 6.31. The Labute approximate surface area is 112 Å². The van der Waals surface area contributed by atoms with E-state index in [0.29, 0.717) is 6.42 Å². The van der Waals surface area contributed by atoms with E-state index in [1.165, 1.54) is 17.6 Å². The van der Waals surface area contributed by atoms with Crippen LogP contribution in [0.3, 0.4) is 0 Å². The second-order valence-electron chi connectivity index (χ2n) is 4.59. The predicted molar refractivity (Wildman–Crippen MR) is 69.9 cm³/mol. The highest BCUT2D eigenvalue weighted by atomic mass is 32.2. The Morgan fingerprint density at radius 3 is 2.32 bits per heavy atom. The summed E-state index contributed by atoms with van der Waals surface area (Å²) in [7, 11) is -3.78. The Balaban J connectivity index is 2.92. The van der Waals surface area contributed by atoms with Crippen molar-refractivity contribution in [1.82, 2.24) is 10.2 Å². The van der Waals surface area contributed by atoms with Crippen molar-refractivity contribution in [2.45, 2.75) is 31.2 Å². The van der Waals surface area contributed by atoms with E-state index in [0.717, 1.165) is 0 Å². The van der Waals surface area contributed by atoms with Crippen LogP contribution in [-0.2, 0) is 14.8 Å². The lowest BCUT2D eigenvalue weighted by Gasteiger charge is -2.18. The van der Waals surface area contributed by atoms with Crippen LogP contribution in [-0.4, -0.2) is 25.6 Å². The molecule has 1 unspecified atom stereocenters. The maximum absolute atomic E-state index is 12.1. The highest BCUT2D eigenvalue weighted by molar-refractivity contribution is 7.89. The molecule has 1 aromatic carbocycles. The summed E-state index contributed by atoms with van der Waals surface area (Å²) in [6, 6.07) is 6.76. The first kappa shape index (κ1) is 15.6. The molecule has 106 valence electrons. The lowest BCUT2D eigenvalue weighted by molar-refractivity contribution is -0.131. The molecule has 6 nitrogen and oxygen atoms in total. The van der Waals surface area contributed by atoms with Crippen LogP contribution in [0, 0.1) is 5.92 Å². The molecule has 19 heavy (non-hydrogen) atoms. The van der Waals surface area contributed by atoms with Gasteiger partial charge in [-0.25, -0.2) is 13.9 Å². The fourth-order valence-corrected chi connectivity index (χ4v) is 2.84. The van der Waals surface area contributed by atoms with Gasteiger partial charge in [-0.1, -0.05) is 32.0 Å². The molecule has 0 saturated carbocycles. The van der Waals surface area contributed by atoms with Crippen molar-refractivity contribution >= 4 is 15.9 Å². The minimum absolute atomic E-state index is 0.0782. The highest BCUT2D eigenvalue weighted by Gasteiger charge is 2.26. The third-order valence-electron chi connectivity index (χ3n) is 2.48. The molecule has 0 aliphatic carbocycles. The fraction of sp³-hybridized carbons (Fsp3) is 0.417. The zero-order valence-electron chi connectivity index (χ0n) is 10.8. The number of hydrogen-bond acceptors (Lipinski definition) is 4. The van der Waals surface area contributed by atoms with Gasteiger partial charge in [-0.15, -0.1) is 0 Å². The molecule has 0 fully saturated rings. The van der Waals surface area contributed by atoms with E-state index in [1.807, 2.05) is 13.8 Å². The van der Waals surface area contributed by atoms with Crippen molar-refractivity contribution < 1.29 is 18.4 Å². The number of carbonyl (C=O) groups excluding carboxylic acids is 1. The Bertz CT molecular complexity index is 514. The average Bonchev–Trinajstić information content (AvgIpc) is 2.37. The van der Waals surface area contributed by atoms with Gasteiger partial charge in [0.05, 0.1) is 4.90 Å². The lowest BCUT2D eigenvalue weighted by Crippen LogP contribution is -2.46. The zero-order valence-corrected chi connectivity index (χ0v) is 11.6. The van der Waals surface area contributed by atoms with Crippen LogP contribution in [0.1, 0.15) is 20.3 Å². The van der Waals surface area contributed by atoms with Crippen molar-refractivity contribution in [3.05, 3.63) is 30.3 Å². The van der Waals surface area contributed by atoms with Gasteiger partial charge in [0, 0.05) is 0 Å². The van der Waals surface area contributed by atoms with Gasteiger partial charge in [0.2, 0.25) is 10.0 Å². The molecule has 0 heterocycles. The largest absolute Gasteiger partial charge is 0.289 e. The summed E-state index contributed by atoms with van der Waals surface area (Å²) in [6.07, 6.45) is 0.290. The maximum atomic E-state index is 12.1. The first-order valence-electron chi connectivity index (χ1n) is 5.88. The summed E-state index contributed by atoms with van der Waals surface area (Å²) in [4.78, 5) is 11.5. The second kappa shape index (κ2) is 6.65. The number of sulfonamides is 1. The van der Waals surface area contributed by atoms with Crippen LogP contribution in [0.15, 0.2) is 35.2 Å². The Morgan fingerprint density at radius 2 is 1.84 bits per heavy atom. The molecule has 3 N–H and O–H groups in total. The van der Waals surface area contributed by atoms with Crippen LogP contribution in [0.2, 0.25) is 0 Å². The lowest BCUT2D eigenvalue weighted by atomic mass is 10.0. The number of carbonyl (C=O) groups is 1. The van der Waals surface area contributed by atoms with Crippen molar-refractivity contribution in [1.29, 1.82) is 0 Å². The third-order valence-corrected chi connectivity index (χ3v) is 3.97. The highest BCUT2D eigenvalue weighted by Crippen LogP contribution is 2.11. The first-order valence-corrected chi connectivity index (χ1v) is 7.36. The Hall–Kier alpha value is -1.44. The topological polar surface area (TPSA) is 95.5 Å². The fourth-order valence-electron chi connectivity index (χ4n) is 1.61. The minimum Gasteiger partial charge on any atom is -0.289 e. The van der Waals surface area contributed by atoms with Crippen molar-refractivity contribution in [3.8, 4) is 0 Å². The van der Waals surface area contributed by atoms with E-state index in [9.17, 15) is 13.2 Å². The zero-order chi connectivity index (χ0) is 14.5. The molecule has 7 heteroatoms. The Kier molecular flexibility index (Phi) is 5.46. The molecule has 0 aliphatic rings. The molecular formula is C12H18N2O4S. The van der Waals surface area contributed by atoms with Gasteiger partial charge < -0.3 is 0 Å². The van der Waals surface area contributed by atoms with Gasteiger partial charge in [0.1, 0.15) is 6.04 Å². The quantitative estimate of drug-likeness (QED) is 0.534. The summed E-state index contributed by atoms with van der Waals surface area (Å²) in [6.45, 7) is 3.71. The molecule has 1 amide bonds. The third kappa shape index (κ3) is 4.62. The van der Waals surface area contributed by atoms with Crippen molar-refractivity contribution in [2.24, 2.45) is 5.92 Å². The van der Waals surface area contributed by atoms with E-state index in [1.54, 1.807) is 18.2 Å². The SMILES string of the molecule is CC(C)CC(NS(=O)(=O)c1ccccc1)C(=O)NO. The summed E-state index contributed by atoms with van der Waals surface area (Å²) in [5.74, 6) is -0.672. The Morgan fingerprint density at radius 1 is 1.26 bits per heavy atom. The normalized spacial score (nSPS) is 13.3. The van der Waals surface area contributed by atoms with Gasteiger partial charge >= 0.3 is 0 Å². The monoisotopic (exact) mass is 286 g/mol. The summed E-state index contributed by atoms with van der Waals surface area (Å²) < 4.78 is 26.4. The number of rotatable bonds is 6. The standard InChI is InChI=1S/C12H18N2O4S/c1-9(2)8-11(12(15)13-16)14-19(17,18)10-6-4-3-5-7-10/h3-7,9,11,14,16H,8H2,1-2H3,(H,13,15). The average molecular weight is 286 g/mol. The van der Waals surface area contributed by atoms with Crippen LogP contribution in [0.4, 0.5) is 0 Å². The first-order chi connectivity index (χ1) is 8.86. The number of hydrogen-bond donors (Lipinski definition) is 3. The maximum Gasteiger partial charge on any atom is 0.261 e. The molecule has 1 atom stereocenters.